The highest BCUT2D eigenvalue weighted by molar-refractivity contribution is 6.31. The van der Waals surface area contributed by atoms with E-state index >= 15 is 0 Å². The van der Waals surface area contributed by atoms with E-state index in [1.54, 1.807) is 0 Å². The molecule has 0 radical (unpaired) electrons. The number of epoxide rings is 1. The first kappa shape index (κ1) is 8.09. The van der Waals surface area contributed by atoms with Crippen molar-refractivity contribution < 1.29 is 4.74 Å². The van der Waals surface area contributed by atoms with Crippen molar-refractivity contribution in [3.63, 3.8) is 0 Å². The monoisotopic (exact) mass is 182 g/mol. The van der Waals surface area contributed by atoms with E-state index in [9.17, 15) is 0 Å². The summed E-state index contributed by atoms with van der Waals surface area (Å²) in [5.74, 6) is 0. The Hall–Kier alpha value is -0.530. The SMILES string of the molecule is Clc1ccccc1CCC1CO1. The van der Waals surface area contributed by atoms with Gasteiger partial charge in [-0.1, -0.05) is 29.8 Å². The summed E-state index contributed by atoms with van der Waals surface area (Å²) in [6, 6.07) is 7.99. The fourth-order valence-corrected chi connectivity index (χ4v) is 1.48. The number of ether oxygens (including phenoxy) is 1. The average Bonchev–Trinajstić information content (AvgIpc) is 2.86. The zero-order valence-electron chi connectivity index (χ0n) is 6.79. The predicted octanol–water partition coefficient (Wildman–Crippen LogP) is 2.67. The van der Waals surface area contributed by atoms with Crippen LogP contribution in [0.3, 0.4) is 0 Å². The molecule has 0 saturated carbocycles. The van der Waals surface area contributed by atoms with Gasteiger partial charge in [-0.2, -0.15) is 0 Å². The highest BCUT2D eigenvalue weighted by Crippen LogP contribution is 2.21. The van der Waals surface area contributed by atoms with Gasteiger partial charge in [-0.05, 0) is 24.5 Å². The Labute approximate surface area is 77.3 Å². The first-order chi connectivity index (χ1) is 5.86. The van der Waals surface area contributed by atoms with E-state index in [2.05, 4.69) is 6.07 Å². The maximum Gasteiger partial charge on any atom is 0.0813 e. The minimum Gasteiger partial charge on any atom is -0.373 e. The van der Waals surface area contributed by atoms with E-state index in [0.717, 1.165) is 24.5 Å². The smallest absolute Gasteiger partial charge is 0.0813 e. The summed E-state index contributed by atoms with van der Waals surface area (Å²) in [6.07, 6.45) is 2.63. The Morgan fingerprint density at radius 3 is 2.83 bits per heavy atom. The zero-order valence-corrected chi connectivity index (χ0v) is 7.55. The summed E-state index contributed by atoms with van der Waals surface area (Å²) in [7, 11) is 0. The summed E-state index contributed by atoms with van der Waals surface area (Å²) in [4.78, 5) is 0. The molecule has 1 unspecified atom stereocenters. The van der Waals surface area contributed by atoms with E-state index in [4.69, 9.17) is 16.3 Å². The summed E-state index contributed by atoms with van der Waals surface area (Å²) < 4.78 is 5.13. The van der Waals surface area contributed by atoms with Gasteiger partial charge in [0.25, 0.3) is 0 Å². The van der Waals surface area contributed by atoms with Gasteiger partial charge < -0.3 is 4.74 Å². The van der Waals surface area contributed by atoms with Crippen LogP contribution >= 0.6 is 11.6 Å². The number of benzene rings is 1. The second-order valence-electron chi connectivity index (χ2n) is 3.09. The van der Waals surface area contributed by atoms with Gasteiger partial charge >= 0.3 is 0 Å². The molecule has 0 amide bonds. The molecule has 2 heteroatoms. The second-order valence-corrected chi connectivity index (χ2v) is 3.49. The second kappa shape index (κ2) is 3.46. The molecule has 1 aromatic carbocycles. The lowest BCUT2D eigenvalue weighted by Gasteiger charge is -2.00. The Bertz CT molecular complexity index is 268. The van der Waals surface area contributed by atoms with Gasteiger partial charge in [0.05, 0.1) is 12.7 Å². The molecule has 0 spiro atoms. The molecule has 12 heavy (non-hydrogen) atoms. The lowest BCUT2D eigenvalue weighted by Crippen LogP contribution is -1.91. The number of rotatable bonds is 3. The van der Waals surface area contributed by atoms with Crippen molar-refractivity contribution in [1.82, 2.24) is 0 Å². The van der Waals surface area contributed by atoms with Crippen molar-refractivity contribution in [2.45, 2.75) is 18.9 Å². The Balaban J connectivity index is 1.96. The zero-order chi connectivity index (χ0) is 8.39. The quantitative estimate of drug-likeness (QED) is 0.655. The number of aryl methyl sites for hydroxylation is 1. The topological polar surface area (TPSA) is 12.5 Å². The molecule has 1 heterocycles. The third-order valence-corrected chi connectivity index (χ3v) is 2.46. The summed E-state index contributed by atoms with van der Waals surface area (Å²) in [6.45, 7) is 0.935. The lowest BCUT2D eigenvalue weighted by atomic mass is 10.1. The van der Waals surface area contributed by atoms with Crippen LogP contribution in [0.15, 0.2) is 24.3 Å². The van der Waals surface area contributed by atoms with Gasteiger partial charge in [-0.15, -0.1) is 0 Å². The van der Waals surface area contributed by atoms with E-state index in [1.807, 2.05) is 18.2 Å². The number of halogens is 1. The molecule has 1 nitrogen and oxygen atoms in total. The molecule has 0 aromatic heterocycles. The summed E-state index contributed by atoms with van der Waals surface area (Å²) in [5, 5.41) is 0.873. The van der Waals surface area contributed by atoms with E-state index in [1.165, 1.54) is 5.56 Å². The van der Waals surface area contributed by atoms with Crippen LogP contribution < -0.4 is 0 Å². The molecule has 64 valence electrons. The van der Waals surface area contributed by atoms with Crippen LogP contribution in [-0.2, 0) is 11.2 Å². The normalized spacial score (nSPS) is 20.9. The first-order valence-electron chi connectivity index (χ1n) is 4.21. The van der Waals surface area contributed by atoms with E-state index in [0.29, 0.717) is 6.10 Å². The molecule has 0 N–H and O–H groups in total. The molecule has 2 rings (SSSR count). The predicted molar refractivity (Wildman–Crippen MR) is 49.5 cm³/mol. The van der Waals surface area contributed by atoms with Crippen LogP contribution in [0.25, 0.3) is 0 Å². The number of hydrogen-bond donors (Lipinski definition) is 0. The summed E-state index contributed by atoms with van der Waals surface area (Å²) in [5.41, 5.74) is 1.23. The van der Waals surface area contributed by atoms with Crippen LogP contribution in [0.5, 0.6) is 0 Å². The minimum absolute atomic E-state index is 0.501. The Kier molecular flexibility index (Phi) is 2.33. The average molecular weight is 183 g/mol. The fraction of sp³-hybridized carbons (Fsp3) is 0.400. The highest BCUT2D eigenvalue weighted by atomic mass is 35.5. The largest absolute Gasteiger partial charge is 0.373 e. The van der Waals surface area contributed by atoms with Crippen molar-refractivity contribution in [2.24, 2.45) is 0 Å². The third kappa shape index (κ3) is 1.99. The Morgan fingerprint density at radius 1 is 1.42 bits per heavy atom. The molecule has 1 aliphatic heterocycles. The van der Waals surface area contributed by atoms with Crippen molar-refractivity contribution in [3.05, 3.63) is 34.9 Å². The van der Waals surface area contributed by atoms with Gasteiger partial charge in [0, 0.05) is 5.02 Å². The minimum atomic E-state index is 0.501. The molecular weight excluding hydrogens is 172 g/mol. The van der Waals surface area contributed by atoms with Crippen molar-refractivity contribution in [1.29, 1.82) is 0 Å². The third-order valence-electron chi connectivity index (χ3n) is 2.10. The van der Waals surface area contributed by atoms with Crippen molar-refractivity contribution in [3.8, 4) is 0 Å². The lowest BCUT2D eigenvalue weighted by molar-refractivity contribution is 0.397. The van der Waals surface area contributed by atoms with Crippen molar-refractivity contribution in [2.75, 3.05) is 6.61 Å². The van der Waals surface area contributed by atoms with Crippen LogP contribution in [-0.4, -0.2) is 12.7 Å². The van der Waals surface area contributed by atoms with Gasteiger partial charge in [-0.3, -0.25) is 0 Å². The van der Waals surface area contributed by atoms with Crippen LogP contribution in [0.4, 0.5) is 0 Å². The fourth-order valence-electron chi connectivity index (χ4n) is 1.25. The van der Waals surface area contributed by atoms with Gasteiger partial charge in [0.15, 0.2) is 0 Å². The van der Waals surface area contributed by atoms with Gasteiger partial charge in [-0.25, -0.2) is 0 Å². The van der Waals surface area contributed by atoms with E-state index < -0.39 is 0 Å². The maximum absolute atomic E-state index is 5.99. The van der Waals surface area contributed by atoms with Crippen LogP contribution in [0, 0.1) is 0 Å². The highest BCUT2D eigenvalue weighted by Gasteiger charge is 2.21. The maximum atomic E-state index is 5.99. The first-order valence-corrected chi connectivity index (χ1v) is 4.59. The molecule has 1 fully saturated rings. The number of hydrogen-bond acceptors (Lipinski definition) is 1. The Morgan fingerprint density at radius 2 is 2.17 bits per heavy atom. The van der Waals surface area contributed by atoms with Crippen LogP contribution in [0.2, 0.25) is 5.02 Å². The molecule has 1 aliphatic rings. The van der Waals surface area contributed by atoms with E-state index in [-0.39, 0.29) is 0 Å². The summed E-state index contributed by atoms with van der Waals surface area (Å²) >= 11 is 5.99. The molecule has 0 aliphatic carbocycles. The molecule has 0 bridgehead atoms. The molecule has 1 aromatic rings. The molecule has 1 atom stereocenters. The van der Waals surface area contributed by atoms with Gasteiger partial charge in [0.2, 0.25) is 0 Å². The van der Waals surface area contributed by atoms with Gasteiger partial charge in [0.1, 0.15) is 0 Å². The standard InChI is InChI=1S/C10H11ClO/c11-10-4-2-1-3-8(10)5-6-9-7-12-9/h1-4,9H,5-7H2. The van der Waals surface area contributed by atoms with Crippen LogP contribution in [0.1, 0.15) is 12.0 Å². The van der Waals surface area contributed by atoms with Crippen molar-refractivity contribution >= 4 is 11.6 Å². The molecular formula is C10H11ClO. The molecule has 1 saturated heterocycles.